The van der Waals surface area contributed by atoms with Gasteiger partial charge in [0.1, 0.15) is 11.7 Å². The molecule has 1 amide bonds. The number of amides is 1. The Morgan fingerprint density at radius 2 is 1.95 bits per heavy atom. The van der Waals surface area contributed by atoms with Crippen LogP contribution in [0.25, 0.3) is 0 Å². The van der Waals surface area contributed by atoms with Crippen LogP contribution < -0.4 is 5.32 Å². The van der Waals surface area contributed by atoms with Crippen LogP contribution in [0.15, 0.2) is 53.1 Å². The molecule has 0 aliphatic heterocycles. The van der Waals surface area contributed by atoms with Crippen LogP contribution in [0, 0.1) is 0 Å². The van der Waals surface area contributed by atoms with Gasteiger partial charge < -0.3 is 10.1 Å². The van der Waals surface area contributed by atoms with Crippen LogP contribution in [0.2, 0.25) is 0 Å². The van der Waals surface area contributed by atoms with Gasteiger partial charge in [-0.25, -0.2) is 4.79 Å². The Morgan fingerprint density at radius 1 is 1.23 bits per heavy atom. The van der Waals surface area contributed by atoms with E-state index in [9.17, 15) is 9.59 Å². The molecular weight excluding hydrogens is 348 g/mol. The van der Waals surface area contributed by atoms with Gasteiger partial charge in [0.2, 0.25) is 0 Å². The zero-order chi connectivity index (χ0) is 15.9. The SMILES string of the molecule is COC(=O)[C@@H](Cc1ccc(Br)cc1)NC(=O)c1ccccn1. The Bertz CT molecular complexity index is 644. The molecule has 2 aromatic rings. The number of carbonyl (C=O) groups excluding carboxylic acids is 2. The molecule has 114 valence electrons. The molecule has 0 aliphatic carbocycles. The van der Waals surface area contributed by atoms with Crippen molar-refractivity contribution >= 4 is 27.8 Å². The van der Waals surface area contributed by atoms with E-state index < -0.39 is 17.9 Å². The third kappa shape index (κ3) is 4.39. The molecule has 0 saturated heterocycles. The van der Waals surface area contributed by atoms with E-state index in [1.165, 1.54) is 13.3 Å². The normalized spacial score (nSPS) is 11.5. The first-order valence-electron chi connectivity index (χ1n) is 6.64. The summed E-state index contributed by atoms with van der Waals surface area (Å²) in [5.74, 6) is -0.902. The number of hydrogen-bond acceptors (Lipinski definition) is 4. The van der Waals surface area contributed by atoms with Crippen molar-refractivity contribution in [3.8, 4) is 0 Å². The summed E-state index contributed by atoms with van der Waals surface area (Å²) >= 11 is 3.36. The van der Waals surface area contributed by atoms with Gasteiger partial charge in [-0.2, -0.15) is 0 Å². The van der Waals surface area contributed by atoms with Crippen LogP contribution >= 0.6 is 15.9 Å². The fourth-order valence-electron chi connectivity index (χ4n) is 1.92. The van der Waals surface area contributed by atoms with E-state index in [4.69, 9.17) is 4.74 Å². The molecule has 0 saturated carbocycles. The lowest BCUT2D eigenvalue weighted by atomic mass is 10.1. The second-order valence-corrected chi connectivity index (χ2v) is 5.51. The van der Waals surface area contributed by atoms with Crippen LogP contribution in [0.3, 0.4) is 0 Å². The number of ether oxygens (including phenoxy) is 1. The van der Waals surface area contributed by atoms with Crippen LogP contribution in [0.1, 0.15) is 16.1 Å². The highest BCUT2D eigenvalue weighted by Crippen LogP contribution is 2.12. The Kier molecular flexibility index (Phi) is 5.66. The summed E-state index contributed by atoms with van der Waals surface area (Å²) in [7, 11) is 1.30. The van der Waals surface area contributed by atoms with Crippen molar-refractivity contribution in [2.45, 2.75) is 12.5 Å². The molecular formula is C16H15BrN2O3. The first-order chi connectivity index (χ1) is 10.6. The van der Waals surface area contributed by atoms with Crippen molar-refractivity contribution in [1.29, 1.82) is 0 Å². The molecule has 0 bridgehead atoms. The number of aromatic nitrogens is 1. The molecule has 1 heterocycles. The van der Waals surface area contributed by atoms with Crippen molar-refractivity contribution in [3.63, 3.8) is 0 Å². The minimum atomic E-state index is -0.763. The number of nitrogens with zero attached hydrogens (tertiary/aromatic N) is 1. The minimum absolute atomic E-state index is 0.257. The van der Waals surface area contributed by atoms with E-state index in [2.05, 4.69) is 26.2 Å². The highest BCUT2D eigenvalue weighted by atomic mass is 79.9. The third-order valence-corrected chi connectivity index (χ3v) is 3.57. The number of esters is 1. The molecule has 1 atom stereocenters. The number of halogens is 1. The van der Waals surface area contributed by atoms with E-state index >= 15 is 0 Å². The summed E-state index contributed by atoms with van der Waals surface area (Å²) in [6.07, 6.45) is 1.87. The standard InChI is InChI=1S/C16H15BrN2O3/c1-22-16(21)14(10-11-5-7-12(17)8-6-11)19-15(20)13-4-2-3-9-18-13/h2-9,14H,10H2,1H3,(H,19,20)/t14-/m1/s1. The van der Waals surface area contributed by atoms with Gasteiger partial charge in [-0.1, -0.05) is 34.1 Å². The number of methoxy groups -OCH3 is 1. The molecule has 6 heteroatoms. The Labute approximate surface area is 136 Å². The fraction of sp³-hybridized carbons (Fsp3) is 0.188. The summed E-state index contributed by atoms with van der Waals surface area (Å²) in [5.41, 5.74) is 1.17. The first kappa shape index (κ1) is 16.2. The largest absolute Gasteiger partial charge is 0.467 e. The smallest absolute Gasteiger partial charge is 0.328 e. The number of benzene rings is 1. The number of rotatable bonds is 5. The van der Waals surface area contributed by atoms with Crippen molar-refractivity contribution in [2.24, 2.45) is 0 Å². The molecule has 0 radical (unpaired) electrons. The van der Waals surface area contributed by atoms with Gasteiger partial charge in [-0.3, -0.25) is 9.78 Å². The molecule has 0 fully saturated rings. The van der Waals surface area contributed by atoms with Crippen molar-refractivity contribution in [3.05, 3.63) is 64.4 Å². The Morgan fingerprint density at radius 3 is 2.55 bits per heavy atom. The molecule has 0 spiro atoms. The zero-order valence-corrected chi connectivity index (χ0v) is 13.5. The second kappa shape index (κ2) is 7.70. The number of carbonyl (C=O) groups is 2. The topological polar surface area (TPSA) is 68.3 Å². The van der Waals surface area contributed by atoms with E-state index in [1.807, 2.05) is 24.3 Å². The monoisotopic (exact) mass is 362 g/mol. The van der Waals surface area contributed by atoms with E-state index in [0.29, 0.717) is 6.42 Å². The average molecular weight is 363 g/mol. The minimum Gasteiger partial charge on any atom is -0.467 e. The average Bonchev–Trinajstić information content (AvgIpc) is 2.56. The van der Waals surface area contributed by atoms with Crippen molar-refractivity contribution < 1.29 is 14.3 Å². The lowest BCUT2D eigenvalue weighted by Gasteiger charge is -2.16. The fourth-order valence-corrected chi connectivity index (χ4v) is 2.19. The maximum Gasteiger partial charge on any atom is 0.328 e. The molecule has 0 aliphatic rings. The maximum absolute atomic E-state index is 12.1. The summed E-state index contributed by atoms with van der Waals surface area (Å²) < 4.78 is 5.71. The molecule has 5 nitrogen and oxygen atoms in total. The van der Waals surface area contributed by atoms with Gasteiger partial charge in [-0.05, 0) is 29.8 Å². The van der Waals surface area contributed by atoms with E-state index in [0.717, 1.165) is 10.0 Å². The summed E-state index contributed by atoms with van der Waals surface area (Å²) in [6, 6.07) is 11.8. The lowest BCUT2D eigenvalue weighted by Crippen LogP contribution is -2.43. The van der Waals surface area contributed by atoms with Gasteiger partial charge in [0, 0.05) is 17.1 Å². The predicted molar refractivity (Wildman–Crippen MR) is 85.4 cm³/mol. The molecule has 2 rings (SSSR count). The van der Waals surface area contributed by atoms with Crippen LogP contribution in [-0.2, 0) is 16.0 Å². The van der Waals surface area contributed by atoms with Gasteiger partial charge >= 0.3 is 5.97 Å². The molecule has 1 N–H and O–H groups in total. The van der Waals surface area contributed by atoms with Crippen molar-refractivity contribution in [1.82, 2.24) is 10.3 Å². The maximum atomic E-state index is 12.1. The van der Waals surface area contributed by atoms with Gasteiger partial charge in [0.15, 0.2) is 0 Å². The second-order valence-electron chi connectivity index (χ2n) is 4.59. The highest BCUT2D eigenvalue weighted by Gasteiger charge is 2.23. The van der Waals surface area contributed by atoms with E-state index in [1.54, 1.807) is 18.2 Å². The third-order valence-electron chi connectivity index (χ3n) is 3.04. The summed E-state index contributed by atoms with van der Waals surface area (Å²) in [4.78, 5) is 28.0. The number of pyridine rings is 1. The van der Waals surface area contributed by atoms with Crippen molar-refractivity contribution in [2.75, 3.05) is 7.11 Å². The van der Waals surface area contributed by atoms with E-state index in [-0.39, 0.29) is 5.69 Å². The van der Waals surface area contributed by atoms with Gasteiger partial charge in [-0.15, -0.1) is 0 Å². The molecule has 22 heavy (non-hydrogen) atoms. The highest BCUT2D eigenvalue weighted by molar-refractivity contribution is 9.10. The van der Waals surface area contributed by atoms with Crippen LogP contribution in [-0.4, -0.2) is 30.0 Å². The quantitative estimate of drug-likeness (QED) is 0.829. The van der Waals surface area contributed by atoms with Gasteiger partial charge in [0.25, 0.3) is 5.91 Å². The lowest BCUT2D eigenvalue weighted by molar-refractivity contribution is -0.142. The summed E-state index contributed by atoms with van der Waals surface area (Å²) in [6.45, 7) is 0. The number of hydrogen-bond donors (Lipinski definition) is 1. The van der Waals surface area contributed by atoms with Crippen LogP contribution in [0.4, 0.5) is 0 Å². The van der Waals surface area contributed by atoms with Crippen LogP contribution in [0.5, 0.6) is 0 Å². The summed E-state index contributed by atoms with van der Waals surface area (Å²) in [5, 5.41) is 2.66. The Hall–Kier alpha value is -2.21. The Balaban J connectivity index is 2.11. The molecule has 0 unspecified atom stereocenters. The van der Waals surface area contributed by atoms with Gasteiger partial charge in [0.05, 0.1) is 7.11 Å². The number of nitrogens with one attached hydrogen (secondary N) is 1. The molecule has 1 aromatic heterocycles. The predicted octanol–water partition coefficient (Wildman–Crippen LogP) is 2.36. The zero-order valence-electron chi connectivity index (χ0n) is 12.0. The first-order valence-corrected chi connectivity index (χ1v) is 7.43. The molecule has 1 aromatic carbocycles.